The minimum Gasteiger partial charge on any atom is -0.497 e. The summed E-state index contributed by atoms with van der Waals surface area (Å²) in [4.78, 5) is 23.2. The van der Waals surface area contributed by atoms with Gasteiger partial charge in [0.15, 0.2) is 0 Å². The molecule has 0 aliphatic rings. The number of nitrogens with two attached hydrogens (primary N) is 1. The summed E-state index contributed by atoms with van der Waals surface area (Å²) in [6.45, 7) is 0. The first-order valence-electron chi connectivity index (χ1n) is 6.63. The van der Waals surface area contributed by atoms with E-state index in [1.807, 2.05) is 0 Å². The Labute approximate surface area is 132 Å². The number of methoxy groups -OCH3 is 1. The Morgan fingerprint density at radius 2 is 1.96 bits per heavy atom. The SMILES string of the molecule is COc1ccc(C(N)=O)c(OC(=O)/C=C/c2cccc(F)c2)c1. The molecule has 0 saturated carbocycles. The standard InChI is InChI=1S/C17H14FNO4/c1-22-13-6-7-14(17(19)21)15(10-13)23-16(20)8-5-11-3-2-4-12(18)9-11/h2-10H,1H3,(H2,19,21)/b8-5+. The van der Waals surface area contributed by atoms with Crippen molar-refractivity contribution >= 4 is 18.0 Å². The Kier molecular flexibility index (Phi) is 5.09. The van der Waals surface area contributed by atoms with Gasteiger partial charge in [-0.3, -0.25) is 4.79 Å². The lowest BCUT2D eigenvalue weighted by molar-refractivity contribution is -0.128. The van der Waals surface area contributed by atoms with Crippen molar-refractivity contribution in [1.82, 2.24) is 0 Å². The number of esters is 1. The molecule has 2 N–H and O–H groups in total. The van der Waals surface area contributed by atoms with Crippen LogP contribution in [0.15, 0.2) is 48.5 Å². The molecular weight excluding hydrogens is 301 g/mol. The molecule has 0 bridgehead atoms. The van der Waals surface area contributed by atoms with E-state index in [-0.39, 0.29) is 11.3 Å². The third-order valence-corrected chi connectivity index (χ3v) is 2.93. The number of rotatable bonds is 5. The zero-order valence-corrected chi connectivity index (χ0v) is 12.3. The summed E-state index contributed by atoms with van der Waals surface area (Å²) in [5, 5.41) is 0. The number of halogens is 1. The van der Waals surface area contributed by atoms with Gasteiger partial charge >= 0.3 is 5.97 Å². The van der Waals surface area contributed by atoms with Gasteiger partial charge in [0.1, 0.15) is 17.3 Å². The van der Waals surface area contributed by atoms with Crippen LogP contribution in [0.2, 0.25) is 0 Å². The van der Waals surface area contributed by atoms with Gasteiger partial charge in [0.2, 0.25) is 0 Å². The number of primary amides is 1. The van der Waals surface area contributed by atoms with Gasteiger partial charge in [-0.15, -0.1) is 0 Å². The topological polar surface area (TPSA) is 78.6 Å². The Hall–Kier alpha value is -3.15. The lowest BCUT2D eigenvalue weighted by atomic mass is 10.2. The molecule has 0 radical (unpaired) electrons. The second-order valence-electron chi connectivity index (χ2n) is 4.54. The first kappa shape index (κ1) is 16.2. The largest absolute Gasteiger partial charge is 0.497 e. The molecule has 6 heteroatoms. The minimum atomic E-state index is -0.732. The van der Waals surface area contributed by atoms with Crippen LogP contribution in [0.1, 0.15) is 15.9 Å². The fourth-order valence-corrected chi connectivity index (χ4v) is 1.83. The summed E-state index contributed by atoms with van der Waals surface area (Å²) >= 11 is 0. The molecule has 0 aliphatic carbocycles. The minimum absolute atomic E-state index is 0.00857. The van der Waals surface area contributed by atoms with Crippen LogP contribution in [0.25, 0.3) is 6.08 Å². The predicted molar refractivity (Wildman–Crippen MR) is 82.6 cm³/mol. The highest BCUT2D eigenvalue weighted by atomic mass is 19.1. The first-order chi connectivity index (χ1) is 11.0. The molecular formula is C17H14FNO4. The van der Waals surface area contributed by atoms with E-state index in [1.165, 1.54) is 49.6 Å². The van der Waals surface area contributed by atoms with Crippen molar-refractivity contribution in [1.29, 1.82) is 0 Å². The normalized spacial score (nSPS) is 10.5. The lowest BCUT2D eigenvalue weighted by Crippen LogP contribution is -2.15. The third kappa shape index (κ3) is 4.41. The molecule has 0 spiro atoms. The van der Waals surface area contributed by atoms with Crippen molar-refractivity contribution in [3.63, 3.8) is 0 Å². The number of carbonyl (C=O) groups excluding carboxylic acids is 2. The molecule has 2 aromatic carbocycles. The number of ether oxygens (including phenoxy) is 2. The van der Waals surface area contributed by atoms with Crippen LogP contribution in [0, 0.1) is 5.82 Å². The molecule has 2 aromatic rings. The maximum atomic E-state index is 13.0. The van der Waals surface area contributed by atoms with E-state index in [1.54, 1.807) is 6.07 Å². The van der Waals surface area contributed by atoms with E-state index >= 15 is 0 Å². The van der Waals surface area contributed by atoms with Gasteiger partial charge in [-0.05, 0) is 35.9 Å². The van der Waals surface area contributed by atoms with E-state index < -0.39 is 17.7 Å². The van der Waals surface area contributed by atoms with Crippen molar-refractivity contribution in [2.45, 2.75) is 0 Å². The molecule has 0 atom stereocenters. The number of hydrogen-bond donors (Lipinski definition) is 1. The lowest BCUT2D eigenvalue weighted by Gasteiger charge is -2.08. The first-order valence-corrected chi connectivity index (χ1v) is 6.63. The Morgan fingerprint density at radius 1 is 1.17 bits per heavy atom. The molecule has 1 amide bonds. The van der Waals surface area contributed by atoms with Gasteiger partial charge < -0.3 is 15.2 Å². The van der Waals surface area contributed by atoms with Crippen molar-refractivity contribution in [2.24, 2.45) is 5.73 Å². The molecule has 0 unspecified atom stereocenters. The Morgan fingerprint density at radius 3 is 2.61 bits per heavy atom. The Balaban J connectivity index is 2.18. The zero-order chi connectivity index (χ0) is 16.8. The summed E-state index contributed by atoms with van der Waals surface area (Å²) in [5.74, 6) is -1.48. The van der Waals surface area contributed by atoms with E-state index in [4.69, 9.17) is 15.2 Å². The third-order valence-electron chi connectivity index (χ3n) is 2.93. The van der Waals surface area contributed by atoms with Crippen LogP contribution in [0.3, 0.4) is 0 Å². The summed E-state index contributed by atoms with van der Waals surface area (Å²) in [7, 11) is 1.44. The average Bonchev–Trinajstić information content (AvgIpc) is 2.52. The average molecular weight is 315 g/mol. The molecule has 0 heterocycles. The number of benzene rings is 2. The summed E-state index contributed by atoms with van der Waals surface area (Å²) in [6, 6.07) is 10.0. The van der Waals surface area contributed by atoms with Crippen molar-refractivity contribution in [2.75, 3.05) is 7.11 Å². The van der Waals surface area contributed by atoms with Gasteiger partial charge in [0.05, 0.1) is 12.7 Å². The van der Waals surface area contributed by atoms with Crippen LogP contribution in [-0.2, 0) is 4.79 Å². The van der Waals surface area contributed by atoms with E-state index in [9.17, 15) is 14.0 Å². The molecule has 5 nitrogen and oxygen atoms in total. The van der Waals surface area contributed by atoms with Gasteiger partial charge in [-0.2, -0.15) is 0 Å². The van der Waals surface area contributed by atoms with E-state index in [0.29, 0.717) is 11.3 Å². The predicted octanol–water partition coefficient (Wildman–Crippen LogP) is 2.55. The monoisotopic (exact) mass is 315 g/mol. The van der Waals surface area contributed by atoms with Gasteiger partial charge in [0.25, 0.3) is 5.91 Å². The quantitative estimate of drug-likeness (QED) is 0.522. The van der Waals surface area contributed by atoms with Crippen LogP contribution in [0.4, 0.5) is 4.39 Å². The van der Waals surface area contributed by atoms with Crippen molar-refractivity contribution < 1.29 is 23.5 Å². The molecule has 0 saturated heterocycles. The number of amides is 1. The maximum absolute atomic E-state index is 13.0. The summed E-state index contributed by atoms with van der Waals surface area (Å²) in [5.41, 5.74) is 5.79. The van der Waals surface area contributed by atoms with Crippen LogP contribution in [-0.4, -0.2) is 19.0 Å². The zero-order valence-electron chi connectivity index (χ0n) is 12.3. The fraction of sp³-hybridized carbons (Fsp3) is 0.0588. The number of carbonyl (C=O) groups is 2. The molecule has 0 aromatic heterocycles. The van der Waals surface area contributed by atoms with Gasteiger partial charge in [-0.25, -0.2) is 9.18 Å². The molecule has 23 heavy (non-hydrogen) atoms. The highest BCUT2D eigenvalue weighted by Crippen LogP contribution is 2.24. The van der Waals surface area contributed by atoms with Crippen LogP contribution < -0.4 is 15.2 Å². The summed E-state index contributed by atoms with van der Waals surface area (Å²) in [6.07, 6.45) is 2.52. The Bertz CT molecular complexity index is 771. The maximum Gasteiger partial charge on any atom is 0.336 e. The van der Waals surface area contributed by atoms with E-state index in [2.05, 4.69) is 0 Å². The van der Waals surface area contributed by atoms with Crippen molar-refractivity contribution in [3.8, 4) is 11.5 Å². The molecule has 2 rings (SSSR count). The highest BCUT2D eigenvalue weighted by molar-refractivity contribution is 5.97. The van der Waals surface area contributed by atoms with E-state index in [0.717, 1.165) is 6.08 Å². The van der Waals surface area contributed by atoms with Crippen LogP contribution >= 0.6 is 0 Å². The fourth-order valence-electron chi connectivity index (χ4n) is 1.83. The van der Waals surface area contributed by atoms with Gasteiger partial charge in [0, 0.05) is 12.1 Å². The molecule has 118 valence electrons. The second-order valence-corrected chi connectivity index (χ2v) is 4.54. The highest BCUT2D eigenvalue weighted by Gasteiger charge is 2.13. The molecule has 0 aliphatic heterocycles. The van der Waals surface area contributed by atoms with Crippen molar-refractivity contribution in [3.05, 3.63) is 65.5 Å². The number of hydrogen-bond acceptors (Lipinski definition) is 4. The molecule has 0 fully saturated rings. The second kappa shape index (κ2) is 7.22. The van der Waals surface area contributed by atoms with Gasteiger partial charge in [-0.1, -0.05) is 12.1 Å². The smallest absolute Gasteiger partial charge is 0.336 e. The van der Waals surface area contributed by atoms with Crippen LogP contribution in [0.5, 0.6) is 11.5 Å². The summed E-state index contributed by atoms with van der Waals surface area (Å²) < 4.78 is 23.2.